The van der Waals surface area contributed by atoms with Gasteiger partial charge in [-0.3, -0.25) is 10.2 Å². The molecule has 3 rings (SSSR count). The Hall–Kier alpha value is -2.31. The molecule has 0 aromatic carbocycles. The fourth-order valence-corrected chi connectivity index (χ4v) is 2.70. The van der Waals surface area contributed by atoms with Gasteiger partial charge in [-0.25, -0.2) is 4.79 Å². The number of anilines is 1. The van der Waals surface area contributed by atoms with Gasteiger partial charge >= 0.3 is 5.97 Å². The van der Waals surface area contributed by atoms with Crippen LogP contribution in [0.2, 0.25) is 0 Å². The Labute approximate surface area is 128 Å². The van der Waals surface area contributed by atoms with Crippen LogP contribution in [0, 0.1) is 0 Å². The molecule has 0 aliphatic heterocycles. The van der Waals surface area contributed by atoms with E-state index in [-0.39, 0.29) is 11.5 Å². The third-order valence-corrected chi connectivity index (χ3v) is 3.54. The van der Waals surface area contributed by atoms with Gasteiger partial charge in [0.25, 0.3) is 0 Å². The van der Waals surface area contributed by atoms with Crippen molar-refractivity contribution < 1.29 is 9.53 Å². The molecule has 0 saturated heterocycles. The molecule has 118 valence electrons. The Balaban J connectivity index is 2.03. The maximum Gasteiger partial charge on any atom is 0.356 e. The number of fused-ring (bicyclic) bond motifs is 3. The lowest BCUT2D eigenvalue weighted by molar-refractivity contribution is 0.0518. The minimum Gasteiger partial charge on any atom is -0.461 e. The maximum atomic E-state index is 12.0. The number of aromatic amines is 2. The molecule has 1 aliphatic rings. The smallest absolute Gasteiger partial charge is 0.356 e. The number of nitrogens with zero attached hydrogens (tertiary/aromatic N) is 2. The van der Waals surface area contributed by atoms with Crippen molar-refractivity contribution >= 4 is 11.8 Å². The van der Waals surface area contributed by atoms with Gasteiger partial charge in [-0.2, -0.15) is 10.2 Å². The Morgan fingerprint density at radius 3 is 2.73 bits per heavy atom. The summed E-state index contributed by atoms with van der Waals surface area (Å²) in [6.45, 7) is 8.37. The Bertz CT molecular complexity index is 708. The largest absolute Gasteiger partial charge is 0.461 e. The van der Waals surface area contributed by atoms with Gasteiger partial charge in [0.2, 0.25) is 0 Å². The molecule has 0 amide bonds. The summed E-state index contributed by atoms with van der Waals surface area (Å²) in [5.41, 5.74) is 4.02. The molecule has 7 nitrogen and oxygen atoms in total. The summed E-state index contributed by atoms with van der Waals surface area (Å²) in [6, 6.07) is 0. The van der Waals surface area contributed by atoms with E-state index in [1.807, 2.05) is 0 Å². The van der Waals surface area contributed by atoms with E-state index in [0.29, 0.717) is 12.3 Å². The van der Waals surface area contributed by atoms with Crippen molar-refractivity contribution in [3.63, 3.8) is 0 Å². The molecule has 22 heavy (non-hydrogen) atoms. The first kappa shape index (κ1) is 14.6. The van der Waals surface area contributed by atoms with Gasteiger partial charge in [0.1, 0.15) is 11.4 Å². The number of hydrogen-bond acceptors (Lipinski definition) is 5. The maximum absolute atomic E-state index is 12.0. The topological polar surface area (TPSA) is 95.7 Å². The summed E-state index contributed by atoms with van der Waals surface area (Å²) in [4.78, 5) is 12.0. The molecule has 1 aliphatic carbocycles. The van der Waals surface area contributed by atoms with Crippen molar-refractivity contribution in [1.29, 1.82) is 0 Å². The predicted molar refractivity (Wildman–Crippen MR) is 82.9 cm³/mol. The van der Waals surface area contributed by atoms with Crippen molar-refractivity contribution in [2.75, 3.05) is 11.9 Å². The van der Waals surface area contributed by atoms with E-state index in [1.165, 1.54) is 0 Å². The van der Waals surface area contributed by atoms with Crippen molar-refractivity contribution in [3.8, 4) is 11.3 Å². The zero-order valence-electron chi connectivity index (χ0n) is 13.3. The SMILES string of the molecule is CCOC(=O)c1[nH]nc2c1CCc1[nH]nc(NC(C)(C)C)c1-2. The zero-order valence-corrected chi connectivity index (χ0v) is 13.3. The summed E-state index contributed by atoms with van der Waals surface area (Å²) in [7, 11) is 0. The second-order valence-electron chi connectivity index (χ2n) is 6.45. The zero-order chi connectivity index (χ0) is 15.9. The van der Waals surface area contributed by atoms with E-state index >= 15 is 0 Å². The number of aromatic nitrogens is 4. The Morgan fingerprint density at radius 2 is 2.05 bits per heavy atom. The number of carbonyl (C=O) groups is 1. The second-order valence-corrected chi connectivity index (χ2v) is 6.45. The van der Waals surface area contributed by atoms with Crippen LogP contribution >= 0.6 is 0 Å². The van der Waals surface area contributed by atoms with Crippen molar-refractivity contribution in [2.45, 2.75) is 46.1 Å². The molecule has 7 heteroatoms. The summed E-state index contributed by atoms with van der Waals surface area (Å²) < 4.78 is 5.08. The molecule has 0 atom stereocenters. The highest BCUT2D eigenvalue weighted by Gasteiger charge is 2.30. The molecule has 0 bridgehead atoms. The number of nitrogens with one attached hydrogen (secondary N) is 3. The van der Waals surface area contributed by atoms with Gasteiger partial charge in [0.15, 0.2) is 5.82 Å². The number of ether oxygens (including phenoxy) is 1. The fourth-order valence-electron chi connectivity index (χ4n) is 2.70. The lowest BCUT2D eigenvalue weighted by Gasteiger charge is -2.22. The van der Waals surface area contributed by atoms with Gasteiger partial charge in [0.05, 0.1) is 12.2 Å². The van der Waals surface area contributed by atoms with Crippen LogP contribution in [0.25, 0.3) is 11.3 Å². The van der Waals surface area contributed by atoms with Crippen molar-refractivity contribution in [1.82, 2.24) is 20.4 Å². The number of H-pyrrole nitrogens is 2. The van der Waals surface area contributed by atoms with Crippen LogP contribution in [0.4, 0.5) is 5.82 Å². The van der Waals surface area contributed by atoms with Crippen LogP contribution in [0.5, 0.6) is 0 Å². The quantitative estimate of drug-likeness (QED) is 0.756. The van der Waals surface area contributed by atoms with Crippen LogP contribution < -0.4 is 5.32 Å². The van der Waals surface area contributed by atoms with Gasteiger partial charge in [0, 0.05) is 16.8 Å². The molecule has 2 heterocycles. The van der Waals surface area contributed by atoms with E-state index < -0.39 is 0 Å². The predicted octanol–water partition coefficient (Wildman–Crippen LogP) is 2.29. The summed E-state index contributed by atoms with van der Waals surface area (Å²) in [5.74, 6) is 0.416. The second kappa shape index (κ2) is 5.15. The van der Waals surface area contributed by atoms with Crippen molar-refractivity contribution in [2.24, 2.45) is 0 Å². The minimum atomic E-state index is -0.353. The number of esters is 1. The first-order chi connectivity index (χ1) is 10.4. The molecular weight excluding hydrogens is 282 g/mol. The van der Waals surface area contributed by atoms with Gasteiger partial charge in [-0.05, 0) is 40.5 Å². The normalized spacial score (nSPS) is 13.5. The number of aryl methyl sites for hydroxylation is 1. The molecule has 0 radical (unpaired) electrons. The van der Waals surface area contributed by atoms with Crippen LogP contribution in [0.3, 0.4) is 0 Å². The van der Waals surface area contributed by atoms with E-state index in [0.717, 1.165) is 41.2 Å². The molecule has 0 saturated carbocycles. The third-order valence-electron chi connectivity index (χ3n) is 3.54. The minimum absolute atomic E-state index is 0.110. The molecule has 2 aromatic heterocycles. The number of carbonyl (C=O) groups excluding carboxylic acids is 1. The monoisotopic (exact) mass is 303 g/mol. The van der Waals surface area contributed by atoms with Crippen LogP contribution in [-0.4, -0.2) is 38.5 Å². The van der Waals surface area contributed by atoms with Crippen LogP contribution in [-0.2, 0) is 17.6 Å². The highest BCUT2D eigenvalue weighted by atomic mass is 16.5. The lowest BCUT2D eigenvalue weighted by Crippen LogP contribution is -2.26. The molecule has 0 unspecified atom stereocenters. The lowest BCUT2D eigenvalue weighted by atomic mass is 9.93. The Morgan fingerprint density at radius 1 is 1.27 bits per heavy atom. The number of rotatable bonds is 3. The molecule has 0 spiro atoms. The highest BCUT2D eigenvalue weighted by Crippen LogP contribution is 2.38. The standard InChI is InChI=1S/C15H21N5O2/c1-5-22-14(21)12-8-6-7-9-10(11(8)18-19-12)13(20-17-9)16-15(2,3)4/h5-7H2,1-4H3,(H,18,19)(H2,16,17,20). The van der Waals surface area contributed by atoms with Crippen LogP contribution in [0.15, 0.2) is 0 Å². The fraction of sp³-hybridized carbons (Fsp3) is 0.533. The summed E-state index contributed by atoms with van der Waals surface area (Å²) in [5, 5.41) is 18.0. The van der Waals surface area contributed by atoms with Crippen molar-refractivity contribution in [3.05, 3.63) is 17.0 Å². The molecule has 2 aromatic rings. The van der Waals surface area contributed by atoms with E-state index in [4.69, 9.17) is 4.74 Å². The number of hydrogen-bond donors (Lipinski definition) is 3. The van der Waals surface area contributed by atoms with E-state index in [2.05, 4.69) is 46.5 Å². The van der Waals surface area contributed by atoms with Crippen LogP contribution in [0.1, 0.15) is 49.4 Å². The summed E-state index contributed by atoms with van der Waals surface area (Å²) >= 11 is 0. The average molecular weight is 303 g/mol. The molecular formula is C15H21N5O2. The molecule has 3 N–H and O–H groups in total. The first-order valence-electron chi connectivity index (χ1n) is 7.51. The third kappa shape index (κ3) is 2.47. The Kier molecular flexibility index (Phi) is 3.42. The van der Waals surface area contributed by atoms with E-state index in [1.54, 1.807) is 6.92 Å². The first-order valence-corrected chi connectivity index (χ1v) is 7.51. The summed E-state index contributed by atoms with van der Waals surface area (Å²) in [6.07, 6.45) is 1.54. The van der Waals surface area contributed by atoms with Gasteiger partial charge < -0.3 is 10.1 Å². The van der Waals surface area contributed by atoms with Gasteiger partial charge in [-0.15, -0.1) is 0 Å². The average Bonchev–Trinajstić information content (AvgIpc) is 3.00. The van der Waals surface area contributed by atoms with E-state index in [9.17, 15) is 4.79 Å². The molecule has 0 fully saturated rings. The highest BCUT2D eigenvalue weighted by molar-refractivity contribution is 5.93. The van der Waals surface area contributed by atoms with Gasteiger partial charge in [-0.1, -0.05) is 0 Å².